The zero-order valence-corrected chi connectivity index (χ0v) is 17.0. The standard InChI is InChI=1S/C21H13Cl3N2O3/c22-15-6-4-14(5-7-15)20(27)26-25-12-13-2-1-3-17(10-13)29-21(28)18-9-8-16(23)11-19(18)24/h1-12H,(H,26,27)/b25-12-. The van der Waals surface area contributed by atoms with Crippen molar-refractivity contribution in [2.45, 2.75) is 0 Å². The van der Waals surface area contributed by atoms with E-state index < -0.39 is 5.97 Å². The summed E-state index contributed by atoms with van der Waals surface area (Å²) < 4.78 is 5.34. The summed E-state index contributed by atoms with van der Waals surface area (Å²) in [7, 11) is 0. The van der Waals surface area contributed by atoms with E-state index in [0.717, 1.165) is 0 Å². The number of hydrogen-bond donors (Lipinski definition) is 1. The van der Waals surface area contributed by atoms with Crippen LogP contribution in [-0.2, 0) is 0 Å². The largest absolute Gasteiger partial charge is 0.423 e. The average Bonchev–Trinajstić information content (AvgIpc) is 2.68. The van der Waals surface area contributed by atoms with Crippen LogP contribution in [0, 0.1) is 0 Å². The Kier molecular flexibility index (Phi) is 6.88. The number of benzene rings is 3. The van der Waals surface area contributed by atoms with Crippen molar-refractivity contribution in [3.05, 3.63) is 98.5 Å². The second-order valence-electron chi connectivity index (χ2n) is 5.79. The summed E-state index contributed by atoms with van der Waals surface area (Å²) >= 11 is 17.7. The Morgan fingerprint density at radius 1 is 0.897 bits per heavy atom. The van der Waals surface area contributed by atoms with E-state index in [1.165, 1.54) is 18.3 Å². The maximum atomic E-state index is 12.3. The van der Waals surface area contributed by atoms with E-state index in [1.807, 2.05) is 0 Å². The van der Waals surface area contributed by atoms with Gasteiger partial charge in [-0.3, -0.25) is 4.79 Å². The molecule has 0 atom stereocenters. The van der Waals surface area contributed by atoms with E-state index in [2.05, 4.69) is 10.5 Å². The highest BCUT2D eigenvalue weighted by atomic mass is 35.5. The minimum absolute atomic E-state index is 0.199. The number of carbonyl (C=O) groups excluding carboxylic acids is 2. The molecule has 0 bridgehead atoms. The molecule has 146 valence electrons. The summed E-state index contributed by atoms with van der Waals surface area (Å²) in [6.07, 6.45) is 1.43. The van der Waals surface area contributed by atoms with Gasteiger partial charge in [0.25, 0.3) is 5.91 Å². The number of hydrazone groups is 1. The molecule has 0 unspecified atom stereocenters. The molecule has 3 aromatic carbocycles. The van der Waals surface area contributed by atoms with Gasteiger partial charge in [-0.15, -0.1) is 0 Å². The van der Waals surface area contributed by atoms with Crippen molar-refractivity contribution < 1.29 is 14.3 Å². The van der Waals surface area contributed by atoms with Gasteiger partial charge in [0.15, 0.2) is 0 Å². The van der Waals surface area contributed by atoms with Crippen LogP contribution in [0.25, 0.3) is 0 Å². The Morgan fingerprint density at radius 3 is 2.34 bits per heavy atom. The van der Waals surface area contributed by atoms with Gasteiger partial charge in [0.1, 0.15) is 5.75 Å². The number of ether oxygens (including phenoxy) is 1. The van der Waals surface area contributed by atoms with Crippen LogP contribution in [0.2, 0.25) is 15.1 Å². The van der Waals surface area contributed by atoms with Crippen LogP contribution < -0.4 is 10.2 Å². The van der Waals surface area contributed by atoms with Crippen LogP contribution in [0.5, 0.6) is 5.75 Å². The molecule has 0 aliphatic rings. The van der Waals surface area contributed by atoms with Crippen molar-refractivity contribution in [2.24, 2.45) is 5.10 Å². The lowest BCUT2D eigenvalue weighted by molar-refractivity contribution is 0.0734. The minimum atomic E-state index is -0.614. The first-order valence-corrected chi connectivity index (χ1v) is 9.42. The van der Waals surface area contributed by atoms with Crippen molar-refractivity contribution in [1.29, 1.82) is 0 Å². The van der Waals surface area contributed by atoms with Crippen LogP contribution in [-0.4, -0.2) is 18.1 Å². The molecule has 1 amide bonds. The normalized spacial score (nSPS) is 10.7. The van der Waals surface area contributed by atoms with Gasteiger partial charge in [-0.05, 0) is 60.2 Å². The number of hydrogen-bond acceptors (Lipinski definition) is 4. The van der Waals surface area contributed by atoms with Gasteiger partial charge >= 0.3 is 5.97 Å². The predicted octanol–water partition coefficient (Wildman–Crippen LogP) is 5.63. The van der Waals surface area contributed by atoms with E-state index in [9.17, 15) is 9.59 Å². The average molecular weight is 448 g/mol. The van der Waals surface area contributed by atoms with Crippen molar-refractivity contribution >= 4 is 52.9 Å². The van der Waals surface area contributed by atoms with Crippen LogP contribution in [0.1, 0.15) is 26.3 Å². The van der Waals surface area contributed by atoms with E-state index in [1.54, 1.807) is 54.6 Å². The minimum Gasteiger partial charge on any atom is -0.423 e. The first kappa shape index (κ1) is 20.9. The first-order chi connectivity index (χ1) is 13.9. The predicted molar refractivity (Wildman–Crippen MR) is 114 cm³/mol. The zero-order chi connectivity index (χ0) is 20.8. The molecule has 0 fully saturated rings. The molecule has 3 rings (SSSR count). The van der Waals surface area contributed by atoms with Gasteiger partial charge in [0.2, 0.25) is 0 Å². The number of nitrogens with zero attached hydrogens (tertiary/aromatic N) is 1. The Balaban J connectivity index is 1.64. The highest BCUT2D eigenvalue weighted by Crippen LogP contribution is 2.23. The number of carbonyl (C=O) groups is 2. The summed E-state index contributed by atoms with van der Waals surface area (Å²) in [5.41, 5.74) is 3.66. The molecule has 0 saturated heterocycles. The maximum absolute atomic E-state index is 12.3. The van der Waals surface area contributed by atoms with Gasteiger partial charge in [-0.1, -0.05) is 46.9 Å². The van der Waals surface area contributed by atoms with E-state index in [0.29, 0.717) is 26.9 Å². The summed E-state index contributed by atoms with van der Waals surface area (Å²) in [5, 5.41) is 5.07. The SMILES string of the molecule is O=C(N/N=C\c1cccc(OC(=O)c2ccc(Cl)cc2Cl)c1)c1ccc(Cl)cc1. The molecule has 1 N–H and O–H groups in total. The molecule has 0 heterocycles. The fraction of sp³-hybridized carbons (Fsp3) is 0. The van der Waals surface area contributed by atoms with E-state index in [4.69, 9.17) is 39.5 Å². The quantitative estimate of drug-likeness (QED) is 0.238. The lowest BCUT2D eigenvalue weighted by Crippen LogP contribution is -2.17. The Labute approximate surface area is 181 Å². The van der Waals surface area contributed by atoms with Crippen molar-refractivity contribution in [1.82, 2.24) is 5.43 Å². The van der Waals surface area contributed by atoms with E-state index in [-0.39, 0.29) is 16.5 Å². The maximum Gasteiger partial charge on any atom is 0.345 e. The molecule has 0 aliphatic carbocycles. The number of esters is 1. The first-order valence-electron chi connectivity index (χ1n) is 8.28. The fourth-order valence-electron chi connectivity index (χ4n) is 2.31. The molecule has 5 nitrogen and oxygen atoms in total. The third-order valence-electron chi connectivity index (χ3n) is 3.71. The summed E-state index contributed by atoms with van der Waals surface area (Å²) in [5.74, 6) is -0.691. The van der Waals surface area contributed by atoms with Crippen LogP contribution in [0.15, 0.2) is 71.8 Å². The number of rotatable bonds is 5. The zero-order valence-electron chi connectivity index (χ0n) is 14.7. The molecule has 0 aromatic heterocycles. The van der Waals surface area contributed by atoms with Crippen molar-refractivity contribution in [3.8, 4) is 5.75 Å². The Bertz CT molecular complexity index is 1080. The molecule has 0 spiro atoms. The summed E-state index contributed by atoms with van der Waals surface area (Å²) in [6.45, 7) is 0. The van der Waals surface area contributed by atoms with Gasteiger partial charge < -0.3 is 4.74 Å². The van der Waals surface area contributed by atoms with Crippen molar-refractivity contribution in [2.75, 3.05) is 0 Å². The lowest BCUT2D eigenvalue weighted by Gasteiger charge is -2.07. The third-order valence-corrected chi connectivity index (χ3v) is 4.51. The molecular weight excluding hydrogens is 435 g/mol. The summed E-state index contributed by atoms with van der Waals surface area (Å²) in [6, 6.07) is 17.6. The fourth-order valence-corrected chi connectivity index (χ4v) is 2.92. The van der Waals surface area contributed by atoms with Gasteiger partial charge in [-0.2, -0.15) is 5.10 Å². The van der Waals surface area contributed by atoms with Gasteiger partial charge in [-0.25, -0.2) is 10.2 Å². The molecule has 0 saturated carbocycles. The monoisotopic (exact) mass is 446 g/mol. The second-order valence-corrected chi connectivity index (χ2v) is 7.07. The van der Waals surface area contributed by atoms with Crippen LogP contribution >= 0.6 is 34.8 Å². The number of halogens is 3. The van der Waals surface area contributed by atoms with Gasteiger partial charge in [0.05, 0.1) is 16.8 Å². The van der Waals surface area contributed by atoms with Crippen LogP contribution in [0.4, 0.5) is 0 Å². The molecule has 8 heteroatoms. The number of amides is 1. The lowest BCUT2D eigenvalue weighted by atomic mass is 10.2. The Hall–Kier alpha value is -2.86. The summed E-state index contributed by atoms with van der Waals surface area (Å²) in [4.78, 5) is 24.3. The van der Waals surface area contributed by atoms with Gasteiger partial charge in [0, 0.05) is 15.6 Å². The molecular formula is C21H13Cl3N2O3. The number of nitrogens with one attached hydrogen (secondary N) is 1. The molecule has 0 aliphatic heterocycles. The molecule has 3 aromatic rings. The topological polar surface area (TPSA) is 67.8 Å². The second kappa shape index (κ2) is 9.56. The smallest absolute Gasteiger partial charge is 0.345 e. The van der Waals surface area contributed by atoms with Crippen LogP contribution in [0.3, 0.4) is 0 Å². The Morgan fingerprint density at radius 2 is 1.62 bits per heavy atom. The highest BCUT2D eigenvalue weighted by Gasteiger charge is 2.13. The highest BCUT2D eigenvalue weighted by molar-refractivity contribution is 6.36. The van der Waals surface area contributed by atoms with Crippen molar-refractivity contribution in [3.63, 3.8) is 0 Å². The molecule has 0 radical (unpaired) electrons. The van der Waals surface area contributed by atoms with E-state index >= 15 is 0 Å². The molecule has 29 heavy (non-hydrogen) atoms. The third kappa shape index (κ3) is 5.81.